The van der Waals surface area contributed by atoms with Gasteiger partial charge in [0.15, 0.2) is 0 Å². The highest BCUT2D eigenvalue weighted by atomic mass is 35.5. The molecule has 7 heteroatoms. The molecular weight excluding hydrogens is 305 g/mol. The smallest absolute Gasteiger partial charge is 0.223 e. The maximum Gasteiger partial charge on any atom is 0.223 e. The molecule has 1 aliphatic rings. The number of nitrogens with one attached hydrogen (secondary N) is 1. The Hall–Kier alpha value is -0.360. The Morgan fingerprint density at radius 2 is 2.37 bits per heavy atom. The van der Waals surface area contributed by atoms with Crippen LogP contribution in [-0.2, 0) is 11.2 Å². The quantitative estimate of drug-likeness (QED) is 0.922. The zero-order valence-corrected chi connectivity index (χ0v) is 13.5. The predicted molar refractivity (Wildman–Crippen MR) is 83.6 cm³/mol. The number of thiazole rings is 1. The highest BCUT2D eigenvalue weighted by Gasteiger charge is 2.22. The Morgan fingerprint density at radius 3 is 3.00 bits per heavy atom. The minimum atomic E-state index is 0. The van der Waals surface area contributed by atoms with E-state index in [9.17, 15) is 4.79 Å². The second-order valence-corrected chi connectivity index (χ2v) is 5.17. The number of carbonyl (C=O) groups is 1. The summed E-state index contributed by atoms with van der Waals surface area (Å²) >= 11 is 1.58. The van der Waals surface area contributed by atoms with Crippen molar-refractivity contribution in [2.75, 3.05) is 20.1 Å². The second kappa shape index (κ2) is 9.53. The number of hydrogen-bond acceptors (Lipinski definition) is 4. The molecule has 2 rings (SSSR count). The van der Waals surface area contributed by atoms with Gasteiger partial charge in [-0.05, 0) is 26.3 Å². The van der Waals surface area contributed by atoms with Gasteiger partial charge in [0, 0.05) is 30.9 Å². The molecule has 0 radical (unpaired) electrons. The molecular formula is C12H21Cl2N3OS. The van der Waals surface area contributed by atoms with Gasteiger partial charge in [-0.25, -0.2) is 4.98 Å². The number of rotatable bonds is 4. The molecule has 1 N–H and O–H groups in total. The summed E-state index contributed by atoms with van der Waals surface area (Å²) in [5.41, 5.74) is 2.85. The molecule has 1 unspecified atom stereocenters. The fourth-order valence-electron chi connectivity index (χ4n) is 2.19. The lowest BCUT2D eigenvalue weighted by Crippen LogP contribution is -2.47. The topological polar surface area (TPSA) is 45.2 Å². The van der Waals surface area contributed by atoms with E-state index in [1.807, 2.05) is 22.8 Å². The van der Waals surface area contributed by atoms with Crippen molar-refractivity contribution in [2.24, 2.45) is 0 Å². The van der Waals surface area contributed by atoms with Gasteiger partial charge in [0.2, 0.25) is 5.91 Å². The summed E-state index contributed by atoms with van der Waals surface area (Å²) in [6.45, 7) is 1.76. The van der Waals surface area contributed by atoms with E-state index in [0.29, 0.717) is 12.5 Å². The summed E-state index contributed by atoms with van der Waals surface area (Å²) in [7, 11) is 1.97. The molecule has 1 saturated heterocycles. The van der Waals surface area contributed by atoms with E-state index in [1.54, 1.807) is 11.3 Å². The third-order valence-electron chi connectivity index (χ3n) is 3.26. The monoisotopic (exact) mass is 325 g/mol. The lowest BCUT2D eigenvalue weighted by atomic mass is 10.1. The van der Waals surface area contributed by atoms with Crippen molar-refractivity contribution in [3.05, 3.63) is 16.6 Å². The van der Waals surface area contributed by atoms with Crippen LogP contribution in [0.4, 0.5) is 0 Å². The third-order valence-corrected chi connectivity index (χ3v) is 3.90. The van der Waals surface area contributed by atoms with Crippen LogP contribution in [-0.4, -0.2) is 42.0 Å². The van der Waals surface area contributed by atoms with Crippen LogP contribution in [0.1, 0.15) is 25.0 Å². The van der Waals surface area contributed by atoms with Crippen molar-refractivity contribution < 1.29 is 4.79 Å². The van der Waals surface area contributed by atoms with E-state index in [1.165, 1.54) is 6.42 Å². The van der Waals surface area contributed by atoms with E-state index >= 15 is 0 Å². The van der Waals surface area contributed by atoms with Crippen molar-refractivity contribution in [3.63, 3.8) is 0 Å². The van der Waals surface area contributed by atoms with E-state index in [0.717, 1.165) is 31.6 Å². The van der Waals surface area contributed by atoms with Gasteiger partial charge >= 0.3 is 0 Å². The molecule has 1 fully saturated rings. The van der Waals surface area contributed by atoms with Gasteiger partial charge in [0.1, 0.15) is 0 Å². The first-order valence-electron chi connectivity index (χ1n) is 6.11. The number of likely N-dealkylation sites (N-methyl/N-ethyl adjacent to an activating group) is 1. The third kappa shape index (κ3) is 5.65. The van der Waals surface area contributed by atoms with Crippen molar-refractivity contribution >= 4 is 42.1 Å². The molecule has 1 aromatic heterocycles. The van der Waals surface area contributed by atoms with Crippen LogP contribution in [0.5, 0.6) is 0 Å². The number of halogens is 2. The van der Waals surface area contributed by atoms with Crippen molar-refractivity contribution in [3.8, 4) is 0 Å². The van der Waals surface area contributed by atoms with E-state index < -0.39 is 0 Å². The zero-order chi connectivity index (χ0) is 12.1. The van der Waals surface area contributed by atoms with Crippen LogP contribution in [0.25, 0.3) is 0 Å². The lowest BCUT2D eigenvalue weighted by Gasteiger charge is -2.32. The number of hydrogen-bond donors (Lipinski definition) is 1. The van der Waals surface area contributed by atoms with E-state index in [2.05, 4.69) is 10.3 Å². The molecule has 0 aliphatic carbocycles. The molecule has 4 nitrogen and oxygen atoms in total. The number of nitrogens with zero attached hydrogens (tertiary/aromatic N) is 2. The summed E-state index contributed by atoms with van der Waals surface area (Å²) in [4.78, 5) is 18.2. The van der Waals surface area contributed by atoms with Gasteiger partial charge in [-0.15, -0.1) is 36.2 Å². The van der Waals surface area contributed by atoms with Crippen LogP contribution in [0, 0.1) is 0 Å². The number of amides is 1. The summed E-state index contributed by atoms with van der Waals surface area (Å²) in [6, 6.07) is 0.465. The SMILES string of the molecule is CNC1CCCN(C(=O)CCc2cscn2)C1.Cl.Cl. The minimum Gasteiger partial charge on any atom is -0.341 e. The summed E-state index contributed by atoms with van der Waals surface area (Å²) in [5, 5.41) is 5.27. The minimum absolute atomic E-state index is 0. The van der Waals surface area contributed by atoms with Crippen molar-refractivity contribution in [1.82, 2.24) is 15.2 Å². The number of carbonyl (C=O) groups excluding carboxylic acids is 1. The van der Waals surface area contributed by atoms with Crippen LogP contribution in [0.15, 0.2) is 10.9 Å². The number of aromatic nitrogens is 1. The van der Waals surface area contributed by atoms with Gasteiger partial charge in [0.05, 0.1) is 11.2 Å². The summed E-state index contributed by atoms with van der Waals surface area (Å²) < 4.78 is 0. The summed E-state index contributed by atoms with van der Waals surface area (Å²) in [5.74, 6) is 0.262. The van der Waals surface area contributed by atoms with Crippen LogP contribution < -0.4 is 5.32 Å². The van der Waals surface area contributed by atoms with Gasteiger partial charge < -0.3 is 10.2 Å². The van der Waals surface area contributed by atoms with Crippen molar-refractivity contribution in [1.29, 1.82) is 0 Å². The van der Waals surface area contributed by atoms with Gasteiger partial charge in [-0.1, -0.05) is 0 Å². The molecule has 110 valence electrons. The first-order valence-corrected chi connectivity index (χ1v) is 7.06. The van der Waals surface area contributed by atoms with Crippen LogP contribution in [0.2, 0.25) is 0 Å². The molecule has 1 aromatic rings. The first-order chi connectivity index (χ1) is 8.29. The average Bonchev–Trinajstić information content (AvgIpc) is 2.89. The molecule has 1 aliphatic heterocycles. The van der Waals surface area contributed by atoms with Crippen LogP contribution in [0.3, 0.4) is 0 Å². The second-order valence-electron chi connectivity index (χ2n) is 4.45. The standard InChI is InChI=1S/C12H19N3OS.2ClH/c1-13-10-3-2-6-15(7-10)12(16)5-4-11-8-17-9-14-11;;/h8-10,13H,2-7H2,1H3;2*1H. The number of piperidine rings is 1. The predicted octanol–water partition coefficient (Wildman–Crippen LogP) is 2.13. The van der Waals surface area contributed by atoms with Gasteiger partial charge in [-0.2, -0.15) is 0 Å². The first kappa shape index (κ1) is 18.6. The molecule has 0 bridgehead atoms. The fraction of sp³-hybridized carbons (Fsp3) is 0.667. The highest BCUT2D eigenvalue weighted by molar-refractivity contribution is 7.07. The van der Waals surface area contributed by atoms with Crippen LogP contribution >= 0.6 is 36.2 Å². The zero-order valence-electron chi connectivity index (χ0n) is 11.0. The Morgan fingerprint density at radius 1 is 1.58 bits per heavy atom. The average molecular weight is 326 g/mol. The Labute approximate surface area is 130 Å². The Kier molecular flexibility index (Phi) is 9.35. The molecule has 19 heavy (non-hydrogen) atoms. The Balaban J connectivity index is 0.00000162. The molecule has 0 spiro atoms. The Bertz CT molecular complexity index is 362. The van der Waals surface area contributed by atoms with Gasteiger partial charge in [-0.3, -0.25) is 4.79 Å². The maximum atomic E-state index is 12.0. The van der Waals surface area contributed by atoms with E-state index in [-0.39, 0.29) is 30.7 Å². The maximum absolute atomic E-state index is 12.0. The number of likely N-dealkylation sites (tertiary alicyclic amines) is 1. The molecule has 0 saturated carbocycles. The number of aryl methyl sites for hydroxylation is 1. The lowest BCUT2D eigenvalue weighted by molar-refractivity contribution is -0.132. The summed E-state index contributed by atoms with van der Waals surface area (Å²) in [6.07, 6.45) is 3.63. The largest absolute Gasteiger partial charge is 0.341 e. The molecule has 1 amide bonds. The fourth-order valence-corrected chi connectivity index (χ4v) is 2.79. The normalized spacial score (nSPS) is 18.4. The van der Waals surface area contributed by atoms with Gasteiger partial charge in [0.25, 0.3) is 0 Å². The van der Waals surface area contributed by atoms with Crippen molar-refractivity contribution in [2.45, 2.75) is 31.7 Å². The highest BCUT2D eigenvalue weighted by Crippen LogP contribution is 2.12. The molecule has 2 heterocycles. The molecule has 0 aromatic carbocycles. The van der Waals surface area contributed by atoms with E-state index in [4.69, 9.17) is 0 Å². The molecule has 1 atom stereocenters.